The number of para-hydroxylation sites is 2. The van der Waals surface area contributed by atoms with Gasteiger partial charge in [-0.15, -0.1) is 0 Å². The van der Waals surface area contributed by atoms with Crippen molar-refractivity contribution in [1.29, 1.82) is 5.26 Å². The Balaban J connectivity index is 1.63. The Kier molecular flexibility index (Phi) is 6.82. The average molecular weight is 381 g/mol. The van der Waals surface area contributed by atoms with E-state index in [0.29, 0.717) is 18.8 Å². The van der Waals surface area contributed by atoms with Gasteiger partial charge in [0, 0.05) is 12.6 Å². The SMILES string of the molecule is COc1ccccc1N(CCC#N)C(=O)C[NH+]1CCN(c2cccc[nH+]2)CC1. The van der Waals surface area contributed by atoms with Crippen LogP contribution in [0.1, 0.15) is 6.42 Å². The number of carbonyl (C=O) groups excluding carboxylic acids is 1. The van der Waals surface area contributed by atoms with Crippen molar-refractivity contribution in [1.82, 2.24) is 0 Å². The number of ether oxygens (including phenoxy) is 1. The molecule has 0 saturated carbocycles. The summed E-state index contributed by atoms with van der Waals surface area (Å²) in [6.45, 7) is 4.37. The maximum atomic E-state index is 13.1. The Labute approximate surface area is 165 Å². The zero-order valence-electron chi connectivity index (χ0n) is 16.2. The Hall–Kier alpha value is -3.11. The summed E-state index contributed by atoms with van der Waals surface area (Å²) in [6.07, 6.45) is 2.22. The van der Waals surface area contributed by atoms with Gasteiger partial charge < -0.3 is 14.5 Å². The molecule has 0 unspecified atom stereocenters. The summed E-state index contributed by atoms with van der Waals surface area (Å²) < 4.78 is 5.42. The summed E-state index contributed by atoms with van der Waals surface area (Å²) in [6, 6.07) is 15.7. The minimum Gasteiger partial charge on any atom is -0.495 e. The number of hydrogen-bond acceptors (Lipinski definition) is 4. The molecule has 7 nitrogen and oxygen atoms in total. The van der Waals surface area contributed by atoms with Gasteiger partial charge in [0.05, 0.1) is 31.5 Å². The highest BCUT2D eigenvalue weighted by molar-refractivity contribution is 5.95. The molecule has 2 heterocycles. The number of benzene rings is 1. The maximum absolute atomic E-state index is 13.1. The normalized spacial score (nSPS) is 14.4. The van der Waals surface area contributed by atoms with Crippen LogP contribution in [-0.4, -0.2) is 52.3 Å². The van der Waals surface area contributed by atoms with Crippen LogP contribution in [0.4, 0.5) is 11.5 Å². The predicted octanol–water partition coefficient (Wildman–Crippen LogP) is 0.161. The second-order valence-corrected chi connectivity index (χ2v) is 6.79. The number of nitrogens with zero attached hydrogens (tertiary/aromatic N) is 3. The van der Waals surface area contributed by atoms with Gasteiger partial charge in [0.1, 0.15) is 31.9 Å². The molecular formula is C21H27N5O2+2. The second kappa shape index (κ2) is 9.72. The number of aromatic amines is 1. The molecule has 0 atom stereocenters. The van der Waals surface area contributed by atoms with Gasteiger partial charge in [0.2, 0.25) is 0 Å². The van der Waals surface area contributed by atoms with Crippen molar-refractivity contribution in [3.8, 4) is 11.8 Å². The number of carbonyl (C=O) groups is 1. The molecule has 1 aliphatic heterocycles. The molecule has 7 heteroatoms. The second-order valence-electron chi connectivity index (χ2n) is 6.79. The quantitative estimate of drug-likeness (QED) is 0.742. The third kappa shape index (κ3) is 4.78. The number of rotatable bonds is 7. The lowest BCUT2D eigenvalue weighted by atomic mass is 10.2. The van der Waals surface area contributed by atoms with Gasteiger partial charge in [0.25, 0.3) is 11.7 Å². The maximum Gasteiger partial charge on any atom is 0.282 e. The molecule has 2 N–H and O–H groups in total. The molecule has 0 bridgehead atoms. The molecule has 1 amide bonds. The number of piperazine rings is 1. The van der Waals surface area contributed by atoms with Crippen LogP contribution in [-0.2, 0) is 4.79 Å². The van der Waals surface area contributed by atoms with Crippen molar-refractivity contribution in [2.75, 3.05) is 56.2 Å². The van der Waals surface area contributed by atoms with E-state index in [1.165, 1.54) is 4.90 Å². The first-order chi connectivity index (χ1) is 13.7. The van der Waals surface area contributed by atoms with E-state index in [0.717, 1.165) is 37.7 Å². The number of H-pyrrole nitrogens is 1. The Morgan fingerprint density at radius 2 is 2.00 bits per heavy atom. The molecule has 1 aromatic carbocycles. The Morgan fingerprint density at radius 1 is 1.25 bits per heavy atom. The lowest BCUT2D eigenvalue weighted by Gasteiger charge is -2.30. The largest absolute Gasteiger partial charge is 0.495 e. The predicted molar refractivity (Wildman–Crippen MR) is 106 cm³/mol. The molecule has 1 saturated heterocycles. The highest BCUT2D eigenvalue weighted by Crippen LogP contribution is 2.27. The number of methoxy groups -OCH3 is 1. The van der Waals surface area contributed by atoms with Gasteiger partial charge in [0.15, 0.2) is 6.54 Å². The number of nitriles is 1. The van der Waals surface area contributed by atoms with Crippen LogP contribution in [0, 0.1) is 11.3 Å². The minimum atomic E-state index is 0.0227. The van der Waals surface area contributed by atoms with Crippen LogP contribution in [0.2, 0.25) is 0 Å². The zero-order chi connectivity index (χ0) is 19.8. The van der Waals surface area contributed by atoms with Gasteiger partial charge in [-0.05, 0) is 18.2 Å². The van der Waals surface area contributed by atoms with Crippen LogP contribution in [0.15, 0.2) is 48.7 Å². The summed E-state index contributed by atoms with van der Waals surface area (Å²) in [4.78, 5) is 21.6. The summed E-state index contributed by atoms with van der Waals surface area (Å²) in [7, 11) is 1.59. The molecule has 0 spiro atoms. The van der Waals surface area contributed by atoms with Crippen molar-refractivity contribution < 1.29 is 19.4 Å². The van der Waals surface area contributed by atoms with Gasteiger partial charge >= 0.3 is 0 Å². The third-order valence-electron chi connectivity index (χ3n) is 5.03. The van der Waals surface area contributed by atoms with Gasteiger partial charge in [-0.3, -0.25) is 9.69 Å². The number of pyridine rings is 1. The van der Waals surface area contributed by atoms with Crippen LogP contribution in [0.5, 0.6) is 5.75 Å². The van der Waals surface area contributed by atoms with Crippen molar-refractivity contribution in [3.05, 3.63) is 48.7 Å². The summed E-state index contributed by atoms with van der Waals surface area (Å²) in [5, 5.41) is 9.00. The van der Waals surface area contributed by atoms with Crippen LogP contribution >= 0.6 is 0 Å². The molecule has 28 heavy (non-hydrogen) atoms. The van der Waals surface area contributed by atoms with Crippen LogP contribution < -0.4 is 24.4 Å². The van der Waals surface area contributed by atoms with Gasteiger partial charge in [-0.2, -0.15) is 5.26 Å². The molecule has 3 rings (SSSR count). The van der Waals surface area contributed by atoms with Gasteiger partial charge in [-0.1, -0.05) is 18.2 Å². The van der Waals surface area contributed by atoms with E-state index in [4.69, 9.17) is 10.00 Å². The Bertz CT molecular complexity index is 813. The van der Waals surface area contributed by atoms with E-state index >= 15 is 0 Å². The lowest BCUT2D eigenvalue weighted by Crippen LogP contribution is -3.16. The number of quaternary nitrogens is 1. The van der Waals surface area contributed by atoms with Crippen molar-refractivity contribution in [2.45, 2.75) is 6.42 Å². The fraction of sp³-hybridized carbons (Fsp3) is 0.381. The molecular weight excluding hydrogens is 354 g/mol. The van der Waals surface area contributed by atoms with E-state index < -0.39 is 0 Å². The van der Waals surface area contributed by atoms with Crippen LogP contribution in [0.3, 0.4) is 0 Å². The molecule has 2 aromatic rings. The minimum absolute atomic E-state index is 0.0227. The summed E-state index contributed by atoms with van der Waals surface area (Å²) in [5.74, 6) is 1.78. The zero-order valence-corrected chi connectivity index (χ0v) is 16.2. The molecule has 1 aliphatic rings. The van der Waals surface area contributed by atoms with E-state index in [1.807, 2.05) is 42.6 Å². The first-order valence-corrected chi connectivity index (χ1v) is 9.58. The standard InChI is InChI=1S/C21H25N5O2/c1-28-19-8-3-2-7-18(19)26(12-6-10-22)21(27)17-24-13-15-25(16-14-24)20-9-4-5-11-23-20/h2-5,7-9,11H,6,12-17H2,1H3/p+2. The highest BCUT2D eigenvalue weighted by atomic mass is 16.5. The fourth-order valence-corrected chi connectivity index (χ4v) is 3.52. The number of amides is 1. The lowest BCUT2D eigenvalue weighted by molar-refractivity contribution is -0.892. The average Bonchev–Trinajstić information content (AvgIpc) is 2.75. The number of aromatic nitrogens is 1. The fourth-order valence-electron chi connectivity index (χ4n) is 3.52. The molecule has 146 valence electrons. The van der Waals surface area contributed by atoms with Gasteiger partial charge in [-0.25, -0.2) is 4.98 Å². The topological polar surface area (TPSA) is 75.2 Å². The van der Waals surface area contributed by atoms with E-state index in [-0.39, 0.29) is 12.3 Å². The highest BCUT2D eigenvalue weighted by Gasteiger charge is 2.29. The monoisotopic (exact) mass is 381 g/mol. The van der Waals surface area contributed by atoms with Crippen LogP contribution in [0.25, 0.3) is 0 Å². The first kappa shape index (κ1) is 19.6. The molecule has 1 fully saturated rings. The van der Waals surface area contributed by atoms with E-state index in [9.17, 15) is 4.79 Å². The molecule has 1 aromatic heterocycles. The Morgan fingerprint density at radius 3 is 2.68 bits per heavy atom. The molecule has 0 radical (unpaired) electrons. The number of hydrogen-bond donors (Lipinski definition) is 1. The van der Waals surface area contributed by atoms with E-state index in [1.54, 1.807) is 12.0 Å². The molecule has 0 aliphatic carbocycles. The number of anilines is 2. The first-order valence-electron chi connectivity index (χ1n) is 9.58. The van der Waals surface area contributed by atoms with Crippen molar-refractivity contribution in [2.24, 2.45) is 0 Å². The smallest absolute Gasteiger partial charge is 0.282 e. The summed E-state index contributed by atoms with van der Waals surface area (Å²) in [5.41, 5.74) is 0.724. The van der Waals surface area contributed by atoms with Crippen molar-refractivity contribution in [3.63, 3.8) is 0 Å². The number of nitrogens with one attached hydrogen (secondary N) is 2. The van der Waals surface area contributed by atoms with Crippen molar-refractivity contribution >= 4 is 17.4 Å². The summed E-state index contributed by atoms with van der Waals surface area (Å²) >= 11 is 0. The third-order valence-corrected chi connectivity index (χ3v) is 5.03. The van der Waals surface area contributed by atoms with E-state index in [2.05, 4.69) is 22.0 Å².